The number of aryl methyl sites for hydroxylation is 1. The highest BCUT2D eigenvalue weighted by molar-refractivity contribution is 14.1. The van der Waals surface area contributed by atoms with Crippen molar-refractivity contribution >= 4 is 37.8 Å². The van der Waals surface area contributed by atoms with Crippen LogP contribution in [-0.2, 0) is 0 Å². The zero-order chi connectivity index (χ0) is 9.59. The van der Waals surface area contributed by atoms with E-state index >= 15 is 0 Å². The van der Waals surface area contributed by atoms with Crippen LogP contribution in [0, 0.1) is 12.1 Å². The second-order valence-electron chi connectivity index (χ2n) is 2.93. The van der Waals surface area contributed by atoms with Crippen molar-refractivity contribution in [3.63, 3.8) is 0 Å². The molecule has 0 N–H and O–H groups in total. The van der Waals surface area contributed by atoms with Gasteiger partial charge in [0.25, 0.3) is 5.78 Å². The zero-order valence-corrected chi connectivity index (χ0v) is 9.03. The van der Waals surface area contributed by atoms with Crippen molar-refractivity contribution in [2.45, 2.75) is 6.92 Å². The van der Waals surface area contributed by atoms with Crippen LogP contribution in [0.4, 0.5) is 5.69 Å². The number of rotatable bonds is 0. The van der Waals surface area contributed by atoms with Crippen LogP contribution in [0.3, 0.4) is 0 Å². The number of hydrogen-bond donors (Lipinski definition) is 0. The van der Waals surface area contributed by atoms with Crippen molar-refractivity contribution in [3.05, 3.63) is 34.5 Å². The smallest absolute Gasteiger partial charge is 0.301 e. The van der Waals surface area contributed by atoms with Crippen LogP contribution in [0.2, 0.25) is 0 Å². The third-order valence-corrected chi connectivity index (χ3v) is 2.91. The van der Waals surface area contributed by atoms with Gasteiger partial charge in [-0.15, -0.1) is 0 Å². The van der Waals surface area contributed by atoms with Gasteiger partial charge in [0.2, 0.25) is 5.69 Å². The van der Waals surface area contributed by atoms with Crippen LogP contribution < -0.4 is 0 Å². The van der Waals surface area contributed by atoms with Crippen LogP contribution >= 0.6 is 22.6 Å². The summed E-state index contributed by atoms with van der Waals surface area (Å²) in [6.07, 6.45) is 0. The predicted molar refractivity (Wildman–Crippen MR) is 57.8 cm³/mol. The lowest BCUT2D eigenvalue weighted by molar-refractivity contribution is -0.351. The molecule has 1 aromatic carbocycles. The van der Waals surface area contributed by atoms with Gasteiger partial charge in [0.1, 0.15) is 5.56 Å². The topological polar surface area (TPSA) is 43.1 Å². The fraction of sp³-hybridized carbons (Fsp3) is 0.111. The molecule has 1 aliphatic heterocycles. The molecule has 1 heterocycles. The maximum absolute atomic E-state index is 11.5. The maximum Gasteiger partial charge on any atom is 0.301 e. The first kappa shape index (κ1) is 8.68. The molecule has 66 valence electrons. The second-order valence-corrected chi connectivity index (χ2v) is 3.96. The third-order valence-electron chi connectivity index (χ3n) is 1.98. The first-order valence-corrected chi connectivity index (χ1v) is 4.84. The molecular weight excluding hydrogens is 281 g/mol. The van der Waals surface area contributed by atoms with Crippen LogP contribution in [0.1, 0.15) is 15.9 Å². The SMILES string of the molecule is Cc1ccc2c(c1)C(=O)C(I)=[N+]2[O-]. The minimum absolute atomic E-state index is 0.172. The van der Waals surface area contributed by atoms with Crippen LogP contribution in [0.25, 0.3) is 0 Å². The number of hydrogen-bond acceptors (Lipinski definition) is 2. The van der Waals surface area contributed by atoms with Crippen molar-refractivity contribution in [2.24, 2.45) is 0 Å². The summed E-state index contributed by atoms with van der Waals surface area (Å²) in [7, 11) is 0. The van der Waals surface area contributed by atoms with Crippen molar-refractivity contribution in [1.29, 1.82) is 0 Å². The number of carbonyl (C=O) groups is 1. The monoisotopic (exact) mass is 287 g/mol. The quantitative estimate of drug-likeness (QED) is 0.417. The highest BCUT2D eigenvalue weighted by atomic mass is 127. The van der Waals surface area contributed by atoms with E-state index < -0.39 is 0 Å². The van der Waals surface area contributed by atoms with E-state index in [0.717, 1.165) is 5.56 Å². The van der Waals surface area contributed by atoms with E-state index in [4.69, 9.17) is 0 Å². The van der Waals surface area contributed by atoms with E-state index in [2.05, 4.69) is 0 Å². The number of carbonyl (C=O) groups excluding carboxylic acids is 1. The Kier molecular flexibility index (Phi) is 1.87. The van der Waals surface area contributed by atoms with Crippen molar-refractivity contribution in [2.75, 3.05) is 0 Å². The van der Waals surface area contributed by atoms with Crippen molar-refractivity contribution in [3.8, 4) is 0 Å². The Bertz CT molecular complexity index is 437. The molecule has 0 unspecified atom stereocenters. The molecule has 0 amide bonds. The van der Waals surface area contributed by atoms with Gasteiger partial charge in [-0.2, -0.15) is 4.74 Å². The number of fused-ring (bicyclic) bond motifs is 1. The predicted octanol–water partition coefficient (Wildman–Crippen LogP) is 2.17. The Morgan fingerprint density at radius 1 is 1.46 bits per heavy atom. The van der Waals surface area contributed by atoms with Crippen molar-refractivity contribution in [1.82, 2.24) is 0 Å². The highest BCUT2D eigenvalue weighted by Gasteiger charge is 2.33. The zero-order valence-electron chi connectivity index (χ0n) is 6.87. The van der Waals surface area contributed by atoms with Crippen LogP contribution in [-0.4, -0.2) is 14.2 Å². The highest BCUT2D eigenvalue weighted by Crippen LogP contribution is 2.28. The summed E-state index contributed by atoms with van der Waals surface area (Å²) in [5.41, 5.74) is 1.96. The summed E-state index contributed by atoms with van der Waals surface area (Å²) in [6, 6.07) is 5.25. The summed E-state index contributed by atoms with van der Waals surface area (Å²) in [5, 5.41) is 11.4. The lowest BCUT2D eigenvalue weighted by Gasteiger charge is -1.98. The summed E-state index contributed by atoms with van der Waals surface area (Å²) < 4.78 is 0.899. The van der Waals surface area contributed by atoms with Gasteiger partial charge in [-0.1, -0.05) is 6.07 Å². The molecule has 0 aliphatic carbocycles. The van der Waals surface area contributed by atoms with E-state index in [1.807, 2.05) is 13.0 Å². The number of nitrogens with zero attached hydrogens (tertiary/aromatic N) is 1. The Hall–Kier alpha value is -0.910. The lowest BCUT2D eigenvalue weighted by Crippen LogP contribution is -2.05. The van der Waals surface area contributed by atoms with Crippen LogP contribution in [0.5, 0.6) is 0 Å². The molecule has 0 saturated heterocycles. The molecule has 3 nitrogen and oxygen atoms in total. The van der Waals surface area contributed by atoms with Gasteiger partial charge < -0.3 is 5.21 Å². The van der Waals surface area contributed by atoms with Gasteiger partial charge in [0, 0.05) is 28.7 Å². The molecule has 1 aliphatic rings. The Balaban J connectivity index is 2.71. The average Bonchev–Trinajstić information content (AvgIpc) is 2.32. The van der Waals surface area contributed by atoms with E-state index in [1.165, 1.54) is 0 Å². The van der Waals surface area contributed by atoms with Gasteiger partial charge in [0.15, 0.2) is 0 Å². The standard InChI is InChI=1S/C9H6INO2/c1-5-2-3-7-6(4-5)8(12)9(10)11(7)13/h2-4H,1H3. The van der Waals surface area contributed by atoms with E-state index in [9.17, 15) is 10.0 Å². The maximum atomic E-state index is 11.5. The molecule has 0 radical (unpaired) electrons. The number of ketones is 1. The van der Waals surface area contributed by atoms with Gasteiger partial charge in [-0.3, -0.25) is 4.79 Å². The molecule has 2 rings (SSSR count). The van der Waals surface area contributed by atoms with E-state index in [-0.39, 0.29) is 9.50 Å². The van der Waals surface area contributed by atoms with Gasteiger partial charge >= 0.3 is 3.72 Å². The minimum atomic E-state index is -0.172. The largest absolute Gasteiger partial charge is 0.617 e. The van der Waals surface area contributed by atoms with Crippen molar-refractivity contribution < 1.29 is 9.53 Å². The van der Waals surface area contributed by atoms with Gasteiger partial charge in [0.05, 0.1) is 0 Å². The molecular formula is C9H6INO2. The first-order valence-electron chi connectivity index (χ1n) is 3.76. The molecule has 0 saturated carbocycles. The molecule has 1 aromatic rings. The van der Waals surface area contributed by atoms with Gasteiger partial charge in [-0.25, -0.2) is 0 Å². The summed E-state index contributed by atoms with van der Waals surface area (Å²) in [4.78, 5) is 11.5. The van der Waals surface area contributed by atoms with Gasteiger partial charge in [-0.05, 0) is 18.6 Å². The molecule has 0 spiro atoms. The first-order chi connectivity index (χ1) is 6.11. The molecule has 0 fully saturated rings. The molecule has 0 aromatic heterocycles. The fourth-order valence-corrected chi connectivity index (χ4v) is 1.87. The number of benzene rings is 1. The Morgan fingerprint density at radius 3 is 2.85 bits per heavy atom. The number of Topliss-reactive ketones (excluding diaryl/α,β-unsaturated/α-hetero) is 1. The Labute approximate surface area is 88.8 Å². The molecule has 0 bridgehead atoms. The minimum Gasteiger partial charge on any atom is -0.617 e. The summed E-state index contributed by atoms with van der Waals surface area (Å²) in [6.45, 7) is 1.90. The molecule has 0 atom stereocenters. The average molecular weight is 287 g/mol. The van der Waals surface area contributed by atoms with Crippen LogP contribution in [0.15, 0.2) is 18.2 Å². The summed E-state index contributed by atoms with van der Waals surface area (Å²) in [5.74, 6) is -0.172. The third kappa shape index (κ3) is 1.16. The fourth-order valence-electron chi connectivity index (χ4n) is 1.32. The Morgan fingerprint density at radius 2 is 2.15 bits per heavy atom. The summed E-state index contributed by atoms with van der Waals surface area (Å²) >= 11 is 1.77. The second kappa shape index (κ2) is 2.80. The normalized spacial score (nSPS) is 15.1. The van der Waals surface area contributed by atoms with E-state index in [1.54, 1.807) is 34.7 Å². The lowest BCUT2D eigenvalue weighted by atomic mass is 10.1. The number of halogens is 1. The molecule has 13 heavy (non-hydrogen) atoms. The molecule has 4 heteroatoms. The van der Waals surface area contributed by atoms with E-state index in [0.29, 0.717) is 16.0 Å².